The number of nitrogens with zero attached hydrogens (tertiary/aromatic N) is 2. The monoisotopic (exact) mass is 288 g/mol. The van der Waals surface area contributed by atoms with Crippen molar-refractivity contribution in [3.63, 3.8) is 0 Å². The fraction of sp³-hybridized carbons (Fsp3) is 0.333. The maximum Gasteiger partial charge on any atom is 0.283 e. The Bertz CT molecular complexity index is 675. The third-order valence-electron chi connectivity index (χ3n) is 3.63. The van der Waals surface area contributed by atoms with E-state index in [0.29, 0.717) is 10.9 Å². The molecule has 20 heavy (non-hydrogen) atoms. The molecule has 0 aliphatic heterocycles. The Hall–Kier alpha value is -1.75. The van der Waals surface area contributed by atoms with E-state index in [2.05, 4.69) is 24.5 Å². The van der Waals surface area contributed by atoms with Gasteiger partial charge in [-0.2, -0.15) is 0 Å². The van der Waals surface area contributed by atoms with Gasteiger partial charge in [0.05, 0.1) is 9.82 Å². The maximum atomic E-state index is 11.1. The number of hydrogen-bond acceptors (Lipinski definition) is 3. The summed E-state index contributed by atoms with van der Waals surface area (Å²) in [6.45, 7) is 4.21. The molecule has 104 valence electrons. The Kier molecular flexibility index (Phi) is 3.30. The first-order chi connectivity index (χ1) is 9.58. The summed E-state index contributed by atoms with van der Waals surface area (Å²) < 4.78 is 2.36. The lowest BCUT2D eigenvalue weighted by atomic mass is 10.3. The summed E-state index contributed by atoms with van der Waals surface area (Å²) in [5.74, 6) is 0. The predicted octanol–water partition coefficient (Wildman–Crippen LogP) is 4.50. The van der Waals surface area contributed by atoms with Crippen molar-refractivity contribution < 1.29 is 4.92 Å². The van der Waals surface area contributed by atoms with E-state index in [1.54, 1.807) is 12.1 Å². The van der Waals surface area contributed by atoms with Gasteiger partial charge in [0.1, 0.15) is 0 Å². The zero-order valence-corrected chi connectivity index (χ0v) is 12.3. The van der Waals surface area contributed by atoms with Gasteiger partial charge in [0, 0.05) is 28.4 Å². The number of para-hydroxylation sites is 1. The second-order valence-corrected chi connectivity index (χ2v) is 6.25. The highest BCUT2D eigenvalue weighted by atomic mass is 32.2. The Labute approximate surface area is 122 Å². The van der Waals surface area contributed by atoms with Gasteiger partial charge in [0.25, 0.3) is 5.69 Å². The van der Waals surface area contributed by atoms with Gasteiger partial charge < -0.3 is 4.57 Å². The van der Waals surface area contributed by atoms with Gasteiger partial charge in [0.2, 0.25) is 0 Å². The lowest BCUT2D eigenvalue weighted by molar-refractivity contribution is -0.387. The van der Waals surface area contributed by atoms with Gasteiger partial charge in [-0.15, -0.1) is 0 Å². The molecule has 1 fully saturated rings. The van der Waals surface area contributed by atoms with Crippen molar-refractivity contribution in [3.05, 3.63) is 51.8 Å². The third-order valence-corrected chi connectivity index (χ3v) is 4.83. The van der Waals surface area contributed by atoms with Crippen LogP contribution >= 0.6 is 11.8 Å². The first-order valence-corrected chi connectivity index (χ1v) is 7.49. The van der Waals surface area contributed by atoms with E-state index in [0.717, 1.165) is 4.90 Å². The van der Waals surface area contributed by atoms with Crippen molar-refractivity contribution in [2.75, 3.05) is 0 Å². The zero-order chi connectivity index (χ0) is 14.3. The van der Waals surface area contributed by atoms with Crippen LogP contribution in [-0.4, -0.2) is 9.49 Å². The highest BCUT2D eigenvalue weighted by molar-refractivity contribution is 7.99. The highest BCUT2D eigenvalue weighted by Crippen LogP contribution is 2.43. The van der Waals surface area contributed by atoms with Gasteiger partial charge in [-0.05, 0) is 38.8 Å². The van der Waals surface area contributed by atoms with Crippen molar-refractivity contribution in [2.24, 2.45) is 0 Å². The quantitative estimate of drug-likeness (QED) is 0.614. The summed E-state index contributed by atoms with van der Waals surface area (Å²) in [4.78, 5) is 12.6. The molecule has 1 aromatic heterocycles. The zero-order valence-electron chi connectivity index (χ0n) is 11.5. The SMILES string of the molecule is Cc1cc(Sc2ccccc2[N+](=O)[O-])c(C)n1C1CC1. The number of hydrogen-bond donors (Lipinski definition) is 0. The molecule has 0 radical (unpaired) electrons. The Morgan fingerprint density at radius 3 is 2.60 bits per heavy atom. The van der Waals surface area contributed by atoms with Gasteiger partial charge in [-0.25, -0.2) is 0 Å². The molecule has 1 saturated carbocycles. The summed E-state index contributed by atoms with van der Waals surface area (Å²) in [5, 5.41) is 11.1. The van der Waals surface area contributed by atoms with Crippen molar-refractivity contribution in [1.82, 2.24) is 4.57 Å². The molecule has 0 atom stereocenters. The third kappa shape index (κ3) is 2.33. The summed E-state index contributed by atoms with van der Waals surface area (Å²) >= 11 is 1.49. The number of nitro benzene ring substituents is 1. The van der Waals surface area contributed by atoms with Crippen molar-refractivity contribution in [2.45, 2.75) is 42.5 Å². The first-order valence-electron chi connectivity index (χ1n) is 6.67. The molecule has 1 heterocycles. The van der Waals surface area contributed by atoms with Crippen molar-refractivity contribution >= 4 is 17.4 Å². The van der Waals surface area contributed by atoms with Gasteiger partial charge in [-0.1, -0.05) is 23.9 Å². The molecule has 3 rings (SSSR count). The maximum absolute atomic E-state index is 11.1. The van der Waals surface area contributed by atoms with Crippen molar-refractivity contribution in [1.29, 1.82) is 0 Å². The minimum absolute atomic E-state index is 0.175. The number of rotatable bonds is 4. The van der Waals surface area contributed by atoms with E-state index in [4.69, 9.17) is 0 Å². The van der Waals surface area contributed by atoms with Crippen LogP contribution in [0.2, 0.25) is 0 Å². The molecule has 1 aliphatic rings. The van der Waals surface area contributed by atoms with Gasteiger partial charge in [0.15, 0.2) is 0 Å². The van der Waals surface area contributed by atoms with Crippen LogP contribution in [0.5, 0.6) is 0 Å². The van der Waals surface area contributed by atoms with Gasteiger partial charge >= 0.3 is 0 Å². The first kappa shape index (κ1) is 13.2. The van der Waals surface area contributed by atoms with E-state index in [1.807, 2.05) is 12.1 Å². The lowest BCUT2D eigenvalue weighted by Crippen LogP contribution is -1.98. The minimum Gasteiger partial charge on any atom is -0.345 e. The molecule has 1 aromatic carbocycles. The molecule has 4 nitrogen and oxygen atoms in total. The van der Waals surface area contributed by atoms with Crippen LogP contribution in [0.25, 0.3) is 0 Å². The fourth-order valence-electron chi connectivity index (χ4n) is 2.56. The lowest BCUT2D eigenvalue weighted by Gasteiger charge is -2.07. The number of aromatic nitrogens is 1. The minimum atomic E-state index is -0.317. The topological polar surface area (TPSA) is 48.1 Å². The molecule has 0 amide bonds. The highest BCUT2D eigenvalue weighted by Gasteiger charge is 2.27. The number of benzene rings is 1. The van der Waals surface area contributed by atoms with Crippen LogP contribution in [0.1, 0.15) is 30.3 Å². The molecule has 0 unspecified atom stereocenters. The Morgan fingerprint density at radius 2 is 1.95 bits per heavy atom. The standard InChI is InChI=1S/C15H16N2O2S/c1-10-9-15(11(2)16(10)12-7-8-12)20-14-6-4-3-5-13(14)17(18)19/h3-6,9,12H,7-8H2,1-2H3. The average Bonchev–Trinajstić information content (AvgIpc) is 3.19. The summed E-state index contributed by atoms with van der Waals surface area (Å²) in [6, 6.07) is 9.68. The average molecular weight is 288 g/mol. The van der Waals surface area contributed by atoms with Crippen LogP contribution in [0.3, 0.4) is 0 Å². The van der Waals surface area contributed by atoms with Crippen LogP contribution < -0.4 is 0 Å². The van der Waals surface area contributed by atoms with E-state index >= 15 is 0 Å². The molecule has 0 N–H and O–H groups in total. The van der Waals surface area contributed by atoms with Gasteiger partial charge in [-0.3, -0.25) is 10.1 Å². The normalized spacial score (nSPS) is 14.5. The van der Waals surface area contributed by atoms with Crippen LogP contribution in [0.4, 0.5) is 5.69 Å². The van der Waals surface area contributed by atoms with Crippen LogP contribution in [0, 0.1) is 24.0 Å². The molecule has 0 saturated heterocycles. The van der Waals surface area contributed by atoms with E-state index in [9.17, 15) is 10.1 Å². The largest absolute Gasteiger partial charge is 0.345 e. The molecule has 1 aliphatic carbocycles. The predicted molar refractivity (Wildman–Crippen MR) is 79.4 cm³/mol. The molecule has 5 heteroatoms. The van der Waals surface area contributed by atoms with E-state index in [-0.39, 0.29) is 10.6 Å². The molecular weight excluding hydrogens is 272 g/mol. The second kappa shape index (κ2) is 4.98. The number of nitro groups is 1. The fourth-order valence-corrected chi connectivity index (χ4v) is 3.66. The van der Waals surface area contributed by atoms with Crippen LogP contribution in [0.15, 0.2) is 40.1 Å². The summed E-state index contributed by atoms with van der Waals surface area (Å²) in [6.07, 6.45) is 2.48. The molecule has 0 spiro atoms. The van der Waals surface area contributed by atoms with E-state index < -0.39 is 0 Å². The second-order valence-electron chi connectivity index (χ2n) is 5.16. The number of aryl methyl sites for hydroxylation is 1. The summed E-state index contributed by atoms with van der Waals surface area (Å²) in [5.41, 5.74) is 2.63. The summed E-state index contributed by atoms with van der Waals surface area (Å²) in [7, 11) is 0. The smallest absolute Gasteiger partial charge is 0.283 e. The van der Waals surface area contributed by atoms with Crippen molar-refractivity contribution in [3.8, 4) is 0 Å². The molecule has 0 bridgehead atoms. The molecule has 2 aromatic rings. The van der Waals surface area contributed by atoms with Crippen LogP contribution in [-0.2, 0) is 0 Å². The van der Waals surface area contributed by atoms with E-state index in [1.165, 1.54) is 36.0 Å². The molecular formula is C15H16N2O2S. The Balaban J connectivity index is 1.96. The Morgan fingerprint density at radius 1 is 1.25 bits per heavy atom.